The molecule has 1 saturated heterocycles. The van der Waals surface area contributed by atoms with Gasteiger partial charge in [0.1, 0.15) is 5.25 Å². The van der Waals surface area contributed by atoms with Crippen LogP contribution in [0.3, 0.4) is 0 Å². The third-order valence-corrected chi connectivity index (χ3v) is 8.38. The van der Waals surface area contributed by atoms with Crippen LogP contribution in [0.1, 0.15) is 49.9 Å². The lowest BCUT2D eigenvalue weighted by molar-refractivity contribution is -0.267. The first kappa shape index (κ1) is 25.7. The Hall–Kier alpha value is -1.94. The molecule has 0 spiro atoms. The van der Waals surface area contributed by atoms with E-state index in [1.165, 1.54) is 11.1 Å². The van der Waals surface area contributed by atoms with Gasteiger partial charge in [-0.3, -0.25) is 4.84 Å². The molecular formula is C24H31F3N2O3S. The van der Waals surface area contributed by atoms with Gasteiger partial charge in [-0.05, 0) is 44.6 Å². The first-order valence-electron chi connectivity index (χ1n) is 11.0. The molecule has 1 fully saturated rings. The van der Waals surface area contributed by atoms with Crippen molar-refractivity contribution in [3.63, 3.8) is 0 Å². The number of halogens is 3. The van der Waals surface area contributed by atoms with Gasteiger partial charge in [0.05, 0.1) is 10.9 Å². The number of rotatable bonds is 8. The second kappa shape index (κ2) is 10.1. The van der Waals surface area contributed by atoms with Crippen LogP contribution in [0.4, 0.5) is 13.2 Å². The van der Waals surface area contributed by atoms with Gasteiger partial charge < -0.3 is 4.90 Å². The van der Waals surface area contributed by atoms with E-state index in [9.17, 15) is 21.6 Å². The molecule has 9 heteroatoms. The van der Waals surface area contributed by atoms with Crippen molar-refractivity contribution in [3.05, 3.63) is 65.7 Å². The Morgan fingerprint density at radius 1 is 1.06 bits per heavy atom. The van der Waals surface area contributed by atoms with Crippen LogP contribution in [-0.2, 0) is 14.7 Å². The maximum absolute atomic E-state index is 14.2. The van der Waals surface area contributed by atoms with Crippen molar-refractivity contribution in [2.24, 2.45) is 0 Å². The number of alkyl halides is 3. The number of hydrogen-bond donors (Lipinski definition) is 0. The molecule has 1 aliphatic rings. The molecule has 0 unspecified atom stereocenters. The molecule has 0 aliphatic carbocycles. The monoisotopic (exact) mass is 484 g/mol. The van der Waals surface area contributed by atoms with E-state index in [0.717, 1.165) is 6.42 Å². The highest BCUT2D eigenvalue weighted by Crippen LogP contribution is 2.47. The number of sulfone groups is 1. The summed E-state index contributed by atoms with van der Waals surface area (Å²) in [5.41, 5.74) is 0.939. The zero-order valence-electron chi connectivity index (χ0n) is 19.3. The molecule has 0 amide bonds. The third-order valence-electron chi connectivity index (χ3n) is 6.17. The van der Waals surface area contributed by atoms with Crippen LogP contribution >= 0.6 is 0 Å². The summed E-state index contributed by atoms with van der Waals surface area (Å²) in [6.07, 6.45) is -6.01. The Labute approximate surface area is 194 Å². The van der Waals surface area contributed by atoms with E-state index in [2.05, 4.69) is 0 Å². The third kappa shape index (κ3) is 5.26. The molecule has 4 atom stereocenters. The van der Waals surface area contributed by atoms with Gasteiger partial charge in [0.2, 0.25) is 0 Å². The van der Waals surface area contributed by atoms with Crippen LogP contribution in [0.25, 0.3) is 0 Å². The van der Waals surface area contributed by atoms with Gasteiger partial charge >= 0.3 is 6.18 Å². The summed E-state index contributed by atoms with van der Waals surface area (Å²) in [6, 6.07) is 13.3. The first-order valence-corrected chi connectivity index (χ1v) is 12.6. The lowest BCUT2D eigenvalue weighted by Crippen LogP contribution is -2.43. The lowest BCUT2D eigenvalue weighted by Gasteiger charge is -2.28. The molecule has 0 radical (unpaired) electrons. The minimum atomic E-state index is -4.85. The van der Waals surface area contributed by atoms with Gasteiger partial charge in [-0.1, -0.05) is 61.9 Å². The van der Waals surface area contributed by atoms with Crippen LogP contribution in [-0.4, -0.2) is 56.6 Å². The largest absolute Gasteiger partial charge is 0.418 e. The maximum atomic E-state index is 14.2. The quantitative estimate of drug-likeness (QED) is 0.517. The summed E-state index contributed by atoms with van der Waals surface area (Å²) in [5, 5.41) is -0.621. The SMILES string of the molecule is CCCCN1O[C@@H](C(F)(F)F)[C@H](S(=O)(=O)c2ccccc2[C@H](C)N(C)C)[C@H]1c1ccccc1. The summed E-state index contributed by atoms with van der Waals surface area (Å²) in [6.45, 7) is 3.94. The fraction of sp³-hybridized carbons (Fsp3) is 0.500. The summed E-state index contributed by atoms with van der Waals surface area (Å²) >= 11 is 0. The van der Waals surface area contributed by atoms with Crippen LogP contribution in [0.5, 0.6) is 0 Å². The summed E-state index contributed by atoms with van der Waals surface area (Å²) < 4.78 is 70.6. The van der Waals surface area contributed by atoms with Gasteiger partial charge in [-0.25, -0.2) is 8.42 Å². The zero-order chi connectivity index (χ0) is 24.4. The average molecular weight is 485 g/mol. The average Bonchev–Trinajstić information content (AvgIpc) is 3.18. The van der Waals surface area contributed by atoms with Crippen LogP contribution < -0.4 is 0 Å². The molecule has 0 N–H and O–H groups in total. The minimum absolute atomic E-state index is 0.0904. The second-order valence-corrected chi connectivity index (χ2v) is 10.7. The standard InChI is InChI=1S/C24H31F3N2O3S/c1-5-6-16-29-21(18-12-8-7-9-13-18)22(23(32-29)24(25,26)27)33(30,31)20-15-11-10-14-19(20)17(2)28(3)4/h7-15,17,21-23H,5-6,16H2,1-4H3/t17-,21+,22+,23+/m0/s1. The smallest absolute Gasteiger partial charge is 0.303 e. The molecule has 182 valence electrons. The highest BCUT2D eigenvalue weighted by molar-refractivity contribution is 7.92. The molecule has 1 heterocycles. The van der Waals surface area contributed by atoms with Crippen molar-refractivity contribution in [3.8, 4) is 0 Å². The van der Waals surface area contributed by atoms with E-state index in [-0.39, 0.29) is 17.5 Å². The number of unbranched alkanes of at least 4 members (excludes halogenated alkanes) is 1. The van der Waals surface area contributed by atoms with E-state index in [1.807, 2.05) is 18.7 Å². The second-order valence-electron chi connectivity index (χ2n) is 8.60. The molecule has 33 heavy (non-hydrogen) atoms. The van der Waals surface area contributed by atoms with E-state index in [0.29, 0.717) is 17.5 Å². The summed E-state index contributed by atoms with van der Waals surface area (Å²) in [7, 11) is -0.857. The molecule has 3 rings (SSSR count). The fourth-order valence-electron chi connectivity index (χ4n) is 4.20. The Balaban J connectivity index is 2.21. The van der Waals surface area contributed by atoms with E-state index in [1.54, 1.807) is 62.6 Å². The van der Waals surface area contributed by atoms with Crippen molar-refractivity contribution in [2.45, 2.75) is 61.2 Å². The maximum Gasteiger partial charge on any atom is 0.418 e. The molecule has 2 aromatic rings. The number of nitrogens with zero attached hydrogens (tertiary/aromatic N) is 2. The first-order chi connectivity index (χ1) is 15.5. The molecule has 2 aromatic carbocycles. The number of benzene rings is 2. The molecule has 0 aromatic heterocycles. The Bertz CT molecular complexity index is 1030. The predicted octanol–water partition coefficient (Wildman–Crippen LogP) is 5.17. The van der Waals surface area contributed by atoms with Crippen molar-refractivity contribution in [1.82, 2.24) is 9.96 Å². The van der Waals surface area contributed by atoms with Crippen LogP contribution in [0.15, 0.2) is 59.5 Å². The number of hydrogen-bond acceptors (Lipinski definition) is 5. The Kier molecular flexibility index (Phi) is 7.88. The molecule has 1 aliphatic heterocycles. The normalized spacial score (nSPS) is 23.2. The van der Waals surface area contributed by atoms with Gasteiger partial charge in [-0.15, -0.1) is 0 Å². The fourth-order valence-corrected chi connectivity index (χ4v) is 6.49. The Morgan fingerprint density at radius 2 is 1.67 bits per heavy atom. The highest BCUT2D eigenvalue weighted by atomic mass is 32.2. The van der Waals surface area contributed by atoms with Crippen molar-refractivity contribution in [1.29, 1.82) is 0 Å². The highest BCUT2D eigenvalue weighted by Gasteiger charge is 2.61. The zero-order valence-corrected chi connectivity index (χ0v) is 20.1. The van der Waals surface area contributed by atoms with E-state index < -0.39 is 33.4 Å². The van der Waals surface area contributed by atoms with Crippen LogP contribution in [0.2, 0.25) is 0 Å². The predicted molar refractivity (Wildman–Crippen MR) is 121 cm³/mol. The van der Waals surface area contributed by atoms with Crippen molar-refractivity contribution >= 4 is 9.84 Å². The number of hydroxylamine groups is 2. The van der Waals surface area contributed by atoms with Crippen molar-refractivity contribution < 1.29 is 26.4 Å². The summed E-state index contributed by atoms with van der Waals surface area (Å²) in [4.78, 5) is 7.11. The van der Waals surface area contributed by atoms with Gasteiger partial charge in [0.15, 0.2) is 15.9 Å². The molecular weight excluding hydrogens is 453 g/mol. The van der Waals surface area contributed by atoms with Gasteiger partial charge in [0.25, 0.3) is 0 Å². The lowest BCUT2D eigenvalue weighted by atomic mass is 10.0. The van der Waals surface area contributed by atoms with Gasteiger partial charge in [-0.2, -0.15) is 18.2 Å². The molecule has 5 nitrogen and oxygen atoms in total. The summed E-state index contributed by atoms with van der Waals surface area (Å²) in [5.74, 6) is 0. The van der Waals surface area contributed by atoms with E-state index >= 15 is 0 Å². The van der Waals surface area contributed by atoms with E-state index in [4.69, 9.17) is 4.84 Å². The van der Waals surface area contributed by atoms with Crippen molar-refractivity contribution in [2.75, 3.05) is 20.6 Å². The Morgan fingerprint density at radius 3 is 2.24 bits per heavy atom. The molecule has 0 saturated carbocycles. The minimum Gasteiger partial charge on any atom is -0.303 e. The molecule has 0 bridgehead atoms. The van der Waals surface area contributed by atoms with Crippen LogP contribution in [0, 0.1) is 0 Å². The van der Waals surface area contributed by atoms with Gasteiger partial charge in [0, 0.05) is 12.6 Å². The topological polar surface area (TPSA) is 49.9 Å².